The summed E-state index contributed by atoms with van der Waals surface area (Å²) in [5.41, 5.74) is 2.59. The molecule has 0 aromatic heterocycles. The number of hydrogen-bond acceptors (Lipinski definition) is 4. The van der Waals surface area contributed by atoms with E-state index in [1.54, 1.807) is 12.1 Å². The van der Waals surface area contributed by atoms with Gasteiger partial charge in [-0.2, -0.15) is 0 Å². The second kappa shape index (κ2) is 10.1. The molecule has 0 radical (unpaired) electrons. The lowest BCUT2D eigenvalue weighted by Crippen LogP contribution is -2.50. The smallest absolute Gasteiger partial charge is 0.238 e. The molecule has 3 amide bonds. The molecule has 168 valence electrons. The Morgan fingerprint density at radius 2 is 1.75 bits per heavy atom. The predicted octanol–water partition coefficient (Wildman–Crippen LogP) is 3.01. The predicted molar refractivity (Wildman–Crippen MR) is 125 cm³/mol. The minimum absolute atomic E-state index is 0.00847. The van der Waals surface area contributed by atoms with Crippen molar-refractivity contribution in [1.29, 1.82) is 0 Å². The molecule has 7 nitrogen and oxygen atoms in total. The van der Waals surface area contributed by atoms with Crippen LogP contribution in [-0.2, 0) is 20.8 Å². The molecule has 0 saturated carbocycles. The normalized spacial score (nSPS) is 18.6. The Bertz CT molecular complexity index is 1000. The molecule has 1 fully saturated rings. The van der Waals surface area contributed by atoms with Crippen LogP contribution in [0.3, 0.4) is 0 Å². The summed E-state index contributed by atoms with van der Waals surface area (Å²) < 4.78 is 0. The molecular weight excluding hydrogens is 428 g/mol. The van der Waals surface area contributed by atoms with Gasteiger partial charge in [-0.25, -0.2) is 0 Å². The fourth-order valence-electron chi connectivity index (χ4n) is 4.21. The number of benzene rings is 2. The quantitative estimate of drug-likeness (QED) is 0.703. The van der Waals surface area contributed by atoms with Crippen LogP contribution in [0, 0.1) is 5.92 Å². The maximum Gasteiger partial charge on any atom is 0.238 e. The zero-order valence-electron chi connectivity index (χ0n) is 17.9. The highest BCUT2D eigenvalue weighted by atomic mass is 35.5. The third-order valence-corrected chi connectivity index (χ3v) is 6.39. The molecule has 2 aromatic carbocycles. The van der Waals surface area contributed by atoms with Crippen molar-refractivity contribution in [2.45, 2.75) is 19.3 Å². The Morgan fingerprint density at radius 3 is 2.53 bits per heavy atom. The van der Waals surface area contributed by atoms with Crippen LogP contribution in [-0.4, -0.2) is 60.2 Å². The van der Waals surface area contributed by atoms with Crippen LogP contribution >= 0.6 is 11.6 Å². The fraction of sp³-hybridized carbons (Fsp3) is 0.375. The first kappa shape index (κ1) is 22.3. The van der Waals surface area contributed by atoms with E-state index in [9.17, 15) is 14.4 Å². The molecule has 1 atom stereocenters. The van der Waals surface area contributed by atoms with Gasteiger partial charge in [0.1, 0.15) is 0 Å². The molecule has 0 spiro atoms. The fourth-order valence-corrected chi connectivity index (χ4v) is 4.40. The third kappa shape index (κ3) is 5.47. The molecule has 0 aliphatic carbocycles. The van der Waals surface area contributed by atoms with Crippen molar-refractivity contribution in [1.82, 2.24) is 9.80 Å². The summed E-state index contributed by atoms with van der Waals surface area (Å²) in [4.78, 5) is 41.2. The summed E-state index contributed by atoms with van der Waals surface area (Å²) in [6, 6.07) is 14.9. The van der Waals surface area contributed by atoms with E-state index in [1.807, 2.05) is 46.2 Å². The number of para-hydroxylation sites is 2. The summed E-state index contributed by atoms with van der Waals surface area (Å²) in [5, 5.41) is 6.28. The Balaban J connectivity index is 1.20. The molecule has 4 rings (SSSR count). The number of carbonyl (C=O) groups is 3. The van der Waals surface area contributed by atoms with Crippen LogP contribution in [0.4, 0.5) is 11.4 Å². The Labute approximate surface area is 192 Å². The van der Waals surface area contributed by atoms with Gasteiger partial charge in [0.2, 0.25) is 17.7 Å². The molecule has 2 N–H and O–H groups in total. The molecule has 1 saturated heterocycles. The van der Waals surface area contributed by atoms with Gasteiger partial charge in [-0.1, -0.05) is 41.9 Å². The first-order chi connectivity index (χ1) is 15.5. The summed E-state index contributed by atoms with van der Waals surface area (Å²) in [6.45, 7) is 2.70. The van der Waals surface area contributed by atoms with Crippen molar-refractivity contribution >= 4 is 40.7 Å². The van der Waals surface area contributed by atoms with Crippen LogP contribution in [0.2, 0.25) is 5.02 Å². The van der Waals surface area contributed by atoms with Crippen LogP contribution in [0.5, 0.6) is 0 Å². The minimum atomic E-state index is -0.177. The van der Waals surface area contributed by atoms with Crippen molar-refractivity contribution < 1.29 is 14.4 Å². The Morgan fingerprint density at radius 1 is 1.03 bits per heavy atom. The van der Waals surface area contributed by atoms with Gasteiger partial charge in [0.25, 0.3) is 0 Å². The Hall–Kier alpha value is -2.90. The van der Waals surface area contributed by atoms with Crippen molar-refractivity contribution in [3.05, 3.63) is 59.1 Å². The number of rotatable bonds is 6. The van der Waals surface area contributed by atoms with E-state index in [4.69, 9.17) is 11.6 Å². The van der Waals surface area contributed by atoms with Gasteiger partial charge in [-0.15, -0.1) is 0 Å². The minimum Gasteiger partial charge on any atom is -0.340 e. The molecule has 0 bridgehead atoms. The van der Waals surface area contributed by atoms with Crippen LogP contribution in [0.1, 0.15) is 18.4 Å². The van der Waals surface area contributed by atoms with Crippen molar-refractivity contribution in [2.75, 3.05) is 43.4 Å². The number of anilines is 2. The third-order valence-electron chi connectivity index (χ3n) is 6.06. The SMILES string of the molecule is O=C(CN1CCN(C(=O)CC[C@H]2Cc3ccccc3NC2=O)CC1)Nc1ccccc1Cl. The Kier molecular flexibility index (Phi) is 7.07. The molecule has 2 aliphatic rings. The topological polar surface area (TPSA) is 81.8 Å². The average molecular weight is 455 g/mol. The molecule has 2 heterocycles. The molecule has 32 heavy (non-hydrogen) atoms. The second-order valence-corrected chi connectivity index (χ2v) is 8.68. The van der Waals surface area contributed by atoms with Crippen molar-refractivity contribution in [3.8, 4) is 0 Å². The van der Waals surface area contributed by atoms with Gasteiger partial charge < -0.3 is 15.5 Å². The van der Waals surface area contributed by atoms with Gasteiger partial charge >= 0.3 is 0 Å². The first-order valence-electron chi connectivity index (χ1n) is 10.9. The van der Waals surface area contributed by atoms with Crippen molar-refractivity contribution in [3.63, 3.8) is 0 Å². The van der Waals surface area contributed by atoms with E-state index < -0.39 is 0 Å². The van der Waals surface area contributed by atoms with E-state index in [2.05, 4.69) is 10.6 Å². The van der Waals surface area contributed by atoms with Crippen LogP contribution in [0.25, 0.3) is 0 Å². The number of amides is 3. The van der Waals surface area contributed by atoms with Gasteiger partial charge in [0, 0.05) is 44.2 Å². The number of piperazine rings is 1. The van der Waals surface area contributed by atoms with E-state index in [1.165, 1.54) is 0 Å². The second-order valence-electron chi connectivity index (χ2n) is 8.27. The van der Waals surface area contributed by atoms with Crippen LogP contribution < -0.4 is 10.6 Å². The zero-order valence-corrected chi connectivity index (χ0v) is 18.6. The van der Waals surface area contributed by atoms with Gasteiger partial charge in [0.15, 0.2) is 0 Å². The highest BCUT2D eigenvalue weighted by Crippen LogP contribution is 2.27. The lowest BCUT2D eigenvalue weighted by atomic mass is 9.89. The maximum atomic E-state index is 12.7. The molecular formula is C24H27ClN4O3. The number of hydrogen-bond donors (Lipinski definition) is 2. The lowest BCUT2D eigenvalue weighted by molar-refractivity contribution is -0.133. The summed E-state index contributed by atoms with van der Waals surface area (Å²) in [5.74, 6) is -0.243. The first-order valence-corrected chi connectivity index (χ1v) is 11.3. The number of fused-ring (bicyclic) bond motifs is 1. The standard InChI is InChI=1S/C24H27ClN4O3/c25-19-6-2-4-8-21(19)26-22(30)16-28-11-13-29(14-12-28)23(31)10-9-18-15-17-5-1-3-7-20(17)27-24(18)32/h1-8,18H,9-16H2,(H,26,30)(H,27,32)/t18-/m0/s1. The number of halogens is 1. The van der Waals surface area contributed by atoms with Crippen LogP contribution in [0.15, 0.2) is 48.5 Å². The highest BCUT2D eigenvalue weighted by molar-refractivity contribution is 6.33. The average Bonchev–Trinajstić information content (AvgIpc) is 2.79. The van der Waals surface area contributed by atoms with E-state index in [-0.39, 0.29) is 30.2 Å². The molecule has 2 aliphatic heterocycles. The molecule has 2 aromatic rings. The number of nitrogens with zero attached hydrogens (tertiary/aromatic N) is 2. The summed E-state index contributed by atoms with van der Waals surface area (Å²) >= 11 is 6.09. The van der Waals surface area contributed by atoms with E-state index >= 15 is 0 Å². The van der Waals surface area contributed by atoms with Gasteiger partial charge in [-0.3, -0.25) is 19.3 Å². The van der Waals surface area contributed by atoms with Crippen molar-refractivity contribution in [2.24, 2.45) is 5.92 Å². The maximum absolute atomic E-state index is 12.7. The highest BCUT2D eigenvalue weighted by Gasteiger charge is 2.28. The lowest BCUT2D eigenvalue weighted by Gasteiger charge is -2.34. The monoisotopic (exact) mass is 454 g/mol. The number of carbonyl (C=O) groups excluding carboxylic acids is 3. The summed E-state index contributed by atoms with van der Waals surface area (Å²) in [6.07, 6.45) is 1.57. The number of nitrogens with one attached hydrogen (secondary N) is 2. The van der Waals surface area contributed by atoms with Gasteiger partial charge in [0.05, 0.1) is 17.3 Å². The molecule has 8 heteroatoms. The van der Waals surface area contributed by atoms with E-state index in [0.717, 1.165) is 11.3 Å². The summed E-state index contributed by atoms with van der Waals surface area (Å²) in [7, 11) is 0. The van der Waals surface area contributed by atoms with E-state index in [0.29, 0.717) is 56.2 Å². The largest absolute Gasteiger partial charge is 0.340 e. The zero-order chi connectivity index (χ0) is 22.5. The molecule has 0 unspecified atom stereocenters. The van der Waals surface area contributed by atoms with Gasteiger partial charge in [-0.05, 0) is 36.6 Å².